The zero-order valence-corrected chi connectivity index (χ0v) is 10.8. The fraction of sp³-hybridized carbons (Fsp3) is 0. The molecule has 0 atom stereocenters. The van der Waals surface area contributed by atoms with Gasteiger partial charge >= 0.3 is 5.97 Å². The van der Waals surface area contributed by atoms with E-state index < -0.39 is 17.6 Å². The largest absolute Gasteiger partial charge is 0.477 e. The summed E-state index contributed by atoms with van der Waals surface area (Å²) in [7, 11) is 0. The number of carbonyl (C=O) groups is 3. The van der Waals surface area contributed by atoms with E-state index in [0.29, 0.717) is 0 Å². The van der Waals surface area contributed by atoms with Crippen LogP contribution in [0.15, 0.2) is 18.5 Å². The molecule has 0 unspecified atom stereocenters. The number of H-pyrrole nitrogens is 2. The number of aldehydes is 1. The molecule has 0 saturated carbocycles. The number of nitrogens with zero attached hydrogens (tertiary/aromatic N) is 2. The van der Waals surface area contributed by atoms with Crippen molar-refractivity contribution in [1.29, 1.82) is 0 Å². The number of fused-ring (bicyclic) bond motifs is 1. The SMILES string of the molecule is O=CC(=O)c1c[nH]c2c(-c3cc(C(=O)O)[nH]n3)ncc(F)c12. The average Bonchev–Trinajstić information content (AvgIpc) is 3.14. The van der Waals surface area contributed by atoms with Crippen LogP contribution in [0.1, 0.15) is 20.8 Å². The van der Waals surface area contributed by atoms with Gasteiger partial charge in [0.25, 0.3) is 0 Å². The molecule has 0 fully saturated rings. The Hall–Kier alpha value is -3.36. The number of pyridine rings is 1. The van der Waals surface area contributed by atoms with Gasteiger partial charge in [-0.2, -0.15) is 5.10 Å². The van der Waals surface area contributed by atoms with E-state index in [1.807, 2.05) is 0 Å². The molecule has 0 aliphatic heterocycles. The predicted octanol–water partition coefficient (Wildman–Crippen LogP) is 1.17. The number of carboxylic acids is 1. The number of nitrogens with one attached hydrogen (secondary N) is 2. The molecule has 3 aromatic rings. The third kappa shape index (κ3) is 1.95. The number of aromatic carboxylic acids is 1. The monoisotopic (exact) mass is 302 g/mol. The van der Waals surface area contributed by atoms with Crippen LogP contribution in [0, 0.1) is 5.82 Å². The van der Waals surface area contributed by atoms with Crippen molar-refractivity contribution < 1.29 is 23.9 Å². The number of carbonyl (C=O) groups excluding carboxylic acids is 2. The zero-order valence-electron chi connectivity index (χ0n) is 10.8. The third-order valence-corrected chi connectivity index (χ3v) is 3.09. The fourth-order valence-electron chi connectivity index (χ4n) is 2.11. The summed E-state index contributed by atoms with van der Waals surface area (Å²) < 4.78 is 13.9. The Morgan fingerprint density at radius 3 is 2.77 bits per heavy atom. The summed E-state index contributed by atoms with van der Waals surface area (Å²) in [4.78, 5) is 39.5. The van der Waals surface area contributed by atoms with Gasteiger partial charge in [-0.3, -0.25) is 14.7 Å². The second kappa shape index (κ2) is 4.88. The minimum Gasteiger partial charge on any atom is -0.477 e. The Balaban J connectivity index is 2.25. The first-order valence-electron chi connectivity index (χ1n) is 5.97. The summed E-state index contributed by atoms with van der Waals surface area (Å²) in [5.74, 6) is -2.87. The topological polar surface area (TPSA) is 129 Å². The lowest BCUT2D eigenvalue weighted by molar-refractivity contribution is -0.104. The first-order chi connectivity index (χ1) is 10.5. The number of halogens is 1. The molecule has 8 nitrogen and oxygen atoms in total. The van der Waals surface area contributed by atoms with Gasteiger partial charge in [0.1, 0.15) is 17.1 Å². The Morgan fingerprint density at radius 1 is 1.36 bits per heavy atom. The van der Waals surface area contributed by atoms with E-state index in [1.165, 1.54) is 12.3 Å². The number of Topliss-reactive ketones (excluding diaryl/α,β-unsaturated/α-hetero) is 1. The number of hydrogen-bond donors (Lipinski definition) is 3. The van der Waals surface area contributed by atoms with E-state index >= 15 is 0 Å². The first kappa shape index (κ1) is 13.6. The molecule has 22 heavy (non-hydrogen) atoms. The lowest BCUT2D eigenvalue weighted by atomic mass is 10.1. The van der Waals surface area contributed by atoms with Gasteiger partial charge in [0.2, 0.25) is 5.78 Å². The number of hydrogen-bond acceptors (Lipinski definition) is 5. The molecule has 0 spiro atoms. The molecular weight excluding hydrogens is 295 g/mol. The van der Waals surface area contributed by atoms with Crippen LogP contribution in [0.2, 0.25) is 0 Å². The Bertz CT molecular complexity index is 927. The number of aromatic nitrogens is 4. The minimum absolute atomic E-state index is 0.0826. The Morgan fingerprint density at radius 2 is 2.14 bits per heavy atom. The minimum atomic E-state index is -1.21. The van der Waals surface area contributed by atoms with Crippen LogP contribution < -0.4 is 0 Å². The predicted molar refractivity (Wildman–Crippen MR) is 71.0 cm³/mol. The van der Waals surface area contributed by atoms with Crippen LogP contribution >= 0.6 is 0 Å². The zero-order chi connectivity index (χ0) is 15.9. The lowest BCUT2D eigenvalue weighted by Gasteiger charge is -2.00. The third-order valence-electron chi connectivity index (χ3n) is 3.09. The first-order valence-corrected chi connectivity index (χ1v) is 5.97. The number of rotatable bonds is 4. The van der Waals surface area contributed by atoms with Gasteiger partial charge in [-0.1, -0.05) is 0 Å². The molecule has 9 heteroatoms. The van der Waals surface area contributed by atoms with Crippen LogP contribution in [0.5, 0.6) is 0 Å². The van der Waals surface area contributed by atoms with Crippen molar-refractivity contribution in [2.24, 2.45) is 0 Å². The van der Waals surface area contributed by atoms with Gasteiger partial charge in [0.15, 0.2) is 12.1 Å². The maximum Gasteiger partial charge on any atom is 0.353 e. The van der Waals surface area contributed by atoms with Crippen LogP contribution in [0.25, 0.3) is 22.3 Å². The van der Waals surface area contributed by atoms with Crippen molar-refractivity contribution in [3.8, 4) is 11.4 Å². The van der Waals surface area contributed by atoms with Crippen LogP contribution in [0.4, 0.5) is 4.39 Å². The number of aromatic amines is 2. The molecule has 110 valence electrons. The van der Waals surface area contributed by atoms with Gasteiger partial charge in [0, 0.05) is 12.3 Å². The second-order valence-corrected chi connectivity index (χ2v) is 4.36. The molecule has 0 saturated heterocycles. The van der Waals surface area contributed by atoms with Gasteiger partial charge in [-0.25, -0.2) is 14.2 Å². The summed E-state index contributed by atoms with van der Waals surface area (Å²) in [5, 5.41) is 14.9. The molecule has 0 radical (unpaired) electrons. The van der Waals surface area contributed by atoms with E-state index in [1.54, 1.807) is 0 Å². The van der Waals surface area contributed by atoms with Crippen LogP contribution in [0.3, 0.4) is 0 Å². The molecule has 0 aliphatic carbocycles. The van der Waals surface area contributed by atoms with E-state index in [4.69, 9.17) is 5.11 Å². The average molecular weight is 302 g/mol. The van der Waals surface area contributed by atoms with Crippen LogP contribution in [-0.2, 0) is 4.79 Å². The van der Waals surface area contributed by atoms with E-state index in [0.717, 1.165) is 6.20 Å². The summed E-state index contributed by atoms with van der Waals surface area (Å²) in [6, 6.07) is 1.23. The van der Waals surface area contributed by atoms with Crippen LogP contribution in [-0.4, -0.2) is 43.3 Å². The summed E-state index contributed by atoms with van der Waals surface area (Å²) >= 11 is 0. The van der Waals surface area contributed by atoms with Crippen molar-refractivity contribution in [2.45, 2.75) is 0 Å². The molecule has 0 aliphatic rings. The summed E-state index contributed by atoms with van der Waals surface area (Å²) in [6.07, 6.45) is 2.15. The maximum absolute atomic E-state index is 13.9. The molecule has 3 N–H and O–H groups in total. The molecular formula is C13H7FN4O4. The molecule has 3 heterocycles. The van der Waals surface area contributed by atoms with Gasteiger partial charge < -0.3 is 10.1 Å². The molecule has 3 aromatic heterocycles. The van der Waals surface area contributed by atoms with E-state index in [2.05, 4.69) is 20.2 Å². The van der Waals surface area contributed by atoms with Gasteiger partial charge in [0.05, 0.1) is 22.7 Å². The highest BCUT2D eigenvalue weighted by Gasteiger charge is 2.20. The second-order valence-electron chi connectivity index (χ2n) is 4.36. The smallest absolute Gasteiger partial charge is 0.353 e. The summed E-state index contributed by atoms with van der Waals surface area (Å²) in [5.41, 5.74) is 0.179. The molecule has 0 aromatic carbocycles. The molecule has 0 amide bonds. The molecule has 3 rings (SSSR count). The standard InChI is InChI=1S/C13H7FN4O4/c14-6-3-16-11(7-1-8(13(21)22)18-17-7)12-10(6)5(2-15-12)9(20)4-19/h1-4,15H,(H,17,18)(H,21,22). The van der Waals surface area contributed by atoms with Gasteiger partial charge in [-0.15, -0.1) is 0 Å². The Kier molecular flexibility index (Phi) is 3.02. The van der Waals surface area contributed by atoms with E-state index in [9.17, 15) is 18.8 Å². The maximum atomic E-state index is 13.9. The van der Waals surface area contributed by atoms with Crippen molar-refractivity contribution in [3.63, 3.8) is 0 Å². The van der Waals surface area contributed by atoms with Crippen molar-refractivity contribution in [3.05, 3.63) is 35.5 Å². The van der Waals surface area contributed by atoms with Gasteiger partial charge in [-0.05, 0) is 0 Å². The highest BCUT2D eigenvalue weighted by Crippen LogP contribution is 2.29. The van der Waals surface area contributed by atoms with Crippen molar-refractivity contribution in [1.82, 2.24) is 20.2 Å². The summed E-state index contributed by atoms with van der Waals surface area (Å²) in [6.45, 7) is 0. The number of ketones is 1. The van der Waals surface area contributed by atoms with E-state index in [-0.39, 0.29) is 39.8 Å². The normalized spacial score (nSPS) is 10.8. The highest BCUT2D eigenvalue weighted by molar-refractivity contribution is 6.36. The van der Waals surface area contributed by atoms with Crippen molar-refractivity contribution >= 4 is 28.9 Å². The Labute approximate surface area is 121 Å². The fourth-order valence-corrected chi connectivity index (χ4v) is 2.11. The number of carboxylic acid groups (broad SMARTS) is 1. The highest BCUT2D eigenvalue weighted by atomic mass is 19.1. The quantitative estimate of drug-likeness (QED) is 0.377. The lowest BCUT2D eigenvalue weighted by Crippen LogP contribution is -1.99. The van der Waals surface area contributed by atoms with Crippen molar-refractivity contribution in [2.75, 3.05) is 0 Å². The molecule has 0 bridgehead atoms.